The van der Waals surface area contributed by atoms with E-state index in [4.69, 9.17) is 5.84 Å². The molecule has 0 aromatic heterocycles. The van der Waals surface area contributed by atoms with E-state index in [9.17, 15) is 9.59 Å². The lowest BCUT2D eigenvalue weighted by Gasteiger charge is -2.46. The fourth-order valence-corrected chi connectivity index (χ4v) is 3.72. The number of rotatable bonds is 8. The Kier molecular flexibility index (Phi) is 7.48. The first kappa shape index (κ1) is 19.9. The molecular formula is C17H34N4O2. The minimum absolute atomic E-state index is 0.0449. The van der Waals surface area contributed by atoms with E-state index in [-0.39, 0.29) is 28.9 Å². The molecule has 1 heterocycles. The molecule has 0 aromatic carbocycles. The van der Waals surface area contributed by atoms with Gasteiger partial charge in [-0.3, -0.25) is 15.0 Å². The quantitative estimate of drug-likeness (QED) is 0.236. The summed E-state index contributed by atoms with van der Waals surface area (Å²) >= 11 is 0. The molecule has 5 N–H and O–H groups in total. The molecule has 1 aliphatic rings. The van der Waals surface area contributed by atoms with Gasteiger partial charge in [-0.2, -0.15) is 0 Å². The van der Waals surface area contributed by atoms with Gasteiger partial charge >= 0.3 is 0 Å². The molecule has 0 radical (unpaired) electrons. The maximum Gasteiger partial charge on any atom is 0.233 e. The van der Waals surface area contributed by atoms with Crippen LogP contribution in [0.3, 0.4) is 0 Å². The average Bonchev–Trinajstić information content (AvgIpc) is 2.38. The first-order valence-electron chi connectivity index (χ1n) is 8.72. The number of hydrogen-bond acceptors (Lipinski definition) is 4. The zero-order chi connectivity index (χ0) is 17.5. The molecule has 0 saturated carbocycles. The van der Waals surface area contributed by atoms with Crippen molar-refractivity contribution in [2.75, 3.05) is 0 Å². The van der Waals surface area contributed by atoms with Gasteiger partial charge in [-0.1, -0.05) is 12.8 Å². The number of unbranched alkanes of at least 4 members (excludes halogenated alkanes) is 3. The number of nitrogens with one attached hydrogen (secondary N) is 3. The summed E-state index contributed by atoms with van der Waals surface area (Å²) in [5.41, 5.74) is 2.21. The Balaban J connectivity index is 2.20. The molecule has 6 nitrogen and oxygen atoms in total. The number of amides is 2. The summed E-state index contributed by atoms with van der Waals surface area (Å²) < 4.78 is 0. The maximum absolute atomic E-state index is 12.1. The number of carbonyl (C=O) groups is 2. The van der Waals surface area contributed by atoms with E-state index >= 15 is 0 Å². The lowest BCUT2D eigenvalue weighted by atomic mass is 9.79. The molecule has 0 aliphatic carbocycles. The van der Waals surface area contributed by atoms with E-state index in [1.807, 2.05) is 0 Å². The summed E-state index contributed by atoms with van der Waals surface area (Å²) in [4.78, 5) is 23.1. The standard InChI is InChI=1S/C17H34N4O2/c1-16(2)11-13(12-17(3,4)21-16)19-14(22)9-7-5-6-8-10-15(23)20-18/h13,21H,5-12,18H2,1-4H3,(H,19,22)(H,20,23). The Morgan fingerprint density at radius 3 is 1.91 bits per heavy atom. The number of piperidine rings is 1. The predicted molar refractivity (Wildman–Crippen MR) is 92.5 cm³/mol. The highest BCUT2D eigenvalue weighted by atomic mass is 16.2. The minimum atomic E-state index is -0.126. The Labute approximate surface area is 140 Å². The molecule has 1 saturated heterocycles. The van der Waals surface area contributed by atoms with Crippen LogP contribution in [-0.4, -0.2) is 28.9 Å². The van der Waals surface area contributed by atoms with Crippen LogP contribution in [0.25, 0.3) is 0 Å². The summed E-state index contributed by atoms with van der Waals surface area (Å²) in [6, 6.07) is 0.238. The normalized spacial score (nSPS) is 20.0. The van der Waals surface area contributed by atoms with Crippen molar-refractivity contribution in [2.45, 2.75) is 96.2 Å². The first-order chi connectivity index (χ1) is 10.6. The summed E-state index contributed by atoms with van der Waals surface area (Å²) in [7, 11) is 0. The molecular weight excluding hydrogens is 292 g/mol. The highest BCUT2D eigenvalue weighted by Gasteiger charge is 2.37. The van der Waals surface area contributed by atoms with Gasteiger partial charge < -0.3 is 10.6 Å². The summed E-state index contributed by atoms with van der Waals surface area (Å²) in [6.45, 7) is 8.74. The predicted octanol–water partition coefficient (Wildman–Crippen LogP) is 1.74. The van der Waals surface area contributed by atoms with Gasteiger partial charge in [0.25, 0.3) is 0 Å². The molecule has 6 heteroatoms. The molecule has 0 unspecified atom stereocenters. The van der Waals surface area contributed by atoms with Crippen molar-refractivity contribution < 1.29 is 9.59 Å². The van der Waals surface area contributed by atoms with Crippen LogP contribution in [0, 0.1) is 0 Å². The van der Waals surface area contributed by atoms with Gasteiger partial charge in [0, 0.05) is 30.0 Å². The molecule has 0 aromatic rings. The Morgan fingerprint density at radius 2 is 1.43 bits per heavy atom. The second-order valence-corrected chi connectivity index (χ2v) is 8.05. The molecule has 0 spiro atoms. The third kappa shape index (κ3) is 8.32. The minimum Gasteiger partial charge on any atom is -0.353 e. The van der Waals surface area contributed by atoms with Crippen LogP contribution in [0.4, 0.5) is 0 Å². The summed E-state index contributed by atoms with van der Waals surface area (Å²) in [5.74, 6) is 5.04. The Morgan fingerprint density at radius 1 is 0.957 bits per heavy atom. The molecule has 1 rings (SSSR count). The van der Waals surface area contributed by atoms with Gasteiger partial charge in [-0.15, -0.1) is 0 Å². The highest BCUT2D eigenvalue weighted by molar-refractivity contribution is 5.76. The van der Waals surface area contributed by atoms with Crippen molar-refractivity contribution in [3.63, 3.8) is 0 Å². The molecule has 0 bridgehead atoms. The van der Waals surface area contributed by atoms with Crippen LogP contribution in [0.1, 0.15) is 79.1 Å². The van der Waals surface area contributed by atoms with Crippen LogP contribution in [-0.2, 0) is 9.59 Å². The van der Waals surface area contributed by atoms with Crippen LogP contribution in [0.5, 0.6) is 0 Å². The number of hydrazine groups is 1. The van der Waals surface area contributed by atoms with Gasteiger partial charge in [0.1, 0.15) is 0 Å². The highest BCUT2D eigenvalue weighted by Crippen LogP contribution is 2.28. The van der Waals surface area contributed by atoms with E-state index in [2.05, 4.69) is 43.8 Å². The van der Waals surface area contributed by atoms with Gasteiger partial charge in [0.15, 0.2) is 0 Å². The Bertz CT molecular complexity index is 391. The van der Waals surface area contributed by atoms with Crippen LogP contribution < -0.4 is 21.9 Å². The fraction of sp³-hybridized carbons (Fsp3) is 0.882. The molecule has 1 fully saturated rings. The maximum atomic E-state index is 12.1. The second kappa shape index (κ2) is 8.64. The van der Waals surface area contributed by atoms with E-state index < -0.39 is 0 Å². The third-order valence-corrected chi connectivity index (χ3v) is 4.27. The topological polar surface area (TPSA) is 96.2 Å². The fourth-order valence-electron chi connectivity index (χ4n) is 3.72. The molecule has 1 aliphatic heterocycles. The summed E-state index contributed by atoms with van der Waals surface area (Å²) in [6.07, 6.45) is 6.54. The number of hydrogen-bond donors (Lipinski definition) is 4. The van der Waals surface area contributed by atoms with Crippen molar-refractivity contribution >= 4 is 11.8 Å². The van der Waals surface area contributed by atoms with Crippen molar-refractivity contribution in [1.29, 1.82) is 0 Å². The van der Waals surface area contributed by atoms with Gasteiger partial charge in [0.2, 0.25) is 11.8 Å². The lowest BCUT2D eigenvalue weighted by molar-refractivity contribution is -0.123. The second-order valence-electron chi connectivity index (χ2n) is 8.05. The monoisotopic (exact) mass is 326 g/mol. The SMILES string of the molecule is CC1(C)CC(NC(=O)CCCCCCC(=O)NN)CC(C)(C)N1. The molecule has 2 amide bonds. The number of carbonyl (C=O) groups excluding carboxylic acids is 2. The van der Waals surface area contributed by atoms with Crippen LogP contribution >= 0.6 is 0 Å². The smallest absolute Gasteiger partial charge is 0.233 e. The molecule has 23 heavy (non-hydrogen) atoms. The van der Waals surface area contributed by atoms with Crippen molar-refractivity contribution in [3.8, 4) is 0 Å². The van der Waals surface area contributed by atoms with Gasteiger partial charge in [-0.25, -0.2) is 5.84 Å². The lowest BCUT2D eigenvalue weighted by Crippen LogP contribution is -2.62. The average molecular weight is 326 g/mol. The third-order valence-electron chi connectivity index (χ3n) is 4.27. The molecule has 134 valence electrons. The van der Waals surface area contributed by atoms with Crippen molar-refractivity contribution in [1.82, 2.24) is 16.1 Å². The van der Waals surface area contributed by atoms with E-state index in [0.717, 1.165) is 38.5 Å². The van der Waals surface area contributed by atoms with E-state index in [1.165, 1.54) is 0 Å². The van der Waals surface area contributed by atoms with Gasteiger partial charge in [0.05, 0.1) is 0 Å². The molecule has 0 atom stereocenters. The van der Waals surface area contributed by atoms with Crippen molar-refractivity contribution in [3.05, 3.63) is 0 Å². The van der Waals surface area contributed by atoms with Crippen molar-refractivity contribution in [2.24, 2.45) is 5.84 Å². The van der Waals surface area contributed by atoms with Crippen LogP contribution in [0.15, 0.2) is 0 Å². The largest absolute Gasteiger partial charge is 0.353 e. The Hall–Kier alpha value is -1.14. The zero-order valence-electron chi connectivity index (χ0n) is 15.1. The van der Waals surface area contributed by atoms with E-state index in [1.54, 1.807) is 0 Å². The zero-order valence-corrected chi connectivity index (χ0v) is 15.1. The number of nitrogens with two attached hydrogens (primary N) is 1. The van der Waals surface area contributed by atoms with Gasteiger partial charge in [-0.05, 0) is 53.4 Å². The van der Waals surface area contributed by atoms with Crippen LogP contribution in [0.2, 0.25) is 0 Å². The first-order valence-corrected chi connectivity index (χ1v) is 8.72. The summed E-state index contributed by atoms with van der Waals surface area (Å²) in [5, 5.41) is 6.81. The van der Waals surface area contributed by atoms with E-state index in [0.29, 0.717) is 12.8 Å².